The number of carbonyl (C=O) groups is 1. The maximum Gasteiger partial charge on any atom is 0.305 e. The highest BCUT2D eigenvalue weighted by Crippen LogP contribution is 2.17. The first-order chi connectivity index (χ1) is 10.8. The number of thioether (sulfide) groups is 1. The predicted octanol–water partition coefficient (Wildman–Crippen LogP) is 0.661. The Bertz CT molecular complexity index is 614. The first-order valence-corrected chi connectivity index (χ1v) is 7.99. The second-order valence-corrected chi connectivity index (χ2v) is 5.75. The third-order valence-corrected chi connectivity index (χ3v) is 4.12. The molecule has 116 valence electrons. The molecule has 2 heterocycles. The topological polar surface area (TPSA) is 71.5 Å². The van der Waals surface area contributed by atoms with Gasteiger partial charge in [-0.1, -0.05) is 18.2 Å². The van der Waals surface area contributed by atoms with Gasteiger partial charge in [0.05, 0.1) is 36.8 Å². The molecular weight excluding hydrogens is 304 g/mol. The Balaban J connectivity index is 1.50. The summed E-state index contributed by atoms with van der Waals surface area (Å²) < 4.78 is 10.4. The van der Waals surface area contributed by atoms with Crippen LogP contribution in [0.25, 0.3) is 0 Å². The lowest BCUT2D eigenvalue weighted by Crippen LogP contribution is -2.62. The molecule has 1 aliphatic heterocycles. The van der Waals surface area contributed by atoms with Crippen LogP contribution in [0.15, 0.2) is 45.9 Å². The number of anilines is 1. The van der Waals surface area contributed by atoms with Crippen molar-refractivity contribution in [2.24, 2.45) is 0 Å². The van der Waals surface area contributed by atoms with E-state index in [0.29, 0.717) is 24.9 Å². The van der Waals surface area contributed by atoms with Crippen LogP contribution in [0.4, 0.5) is 5.88 Å². The Morgan fingerprint density at radius 2 is 2.09 bits per heavy atom. The molecule has 3 rings (SSSR count). The molecule has 1 N–H and O–H groups in total. The van der Waals surface area contributed by atoms with Gasteiger partial charge in [-0.2, -0.15) is 0 Å². The minimum absolute atomic E-state index is 0.126. The van der Waals surface area contributed by atoms with Crippen LogP contribution in [-0.2, 0) is 9.53 Å². The van der Waals surface area contributed by atoms with Crippen molar-refractivity contribution in [3.8, 4) is 0 Å². The average Bonchev–Trinajstić information content (AvgIpc) is 3.03. The first kappa shape index (κ1) is 14.9. The third kappa shape index (κ3) is 3.99. The highest BCUT2D eigenvalue weighted by molar-refractivity contribution is 8.00. The van der Waals surface area contributed by atoms with Crippen molar-refractivity contribution >= 4 is 23.6 Å². The van der Waals surface area contributed by atoms with Crippen LogP contribution >= 0.6 is 11.8 Å². The van der Waals surface area contributed by atoms with Crippen LogP contribution < -0.4 is 15.1 Å². The molecule has 1 aromatic carbocycles. The van der Waals surface area contributed by atoms with E-state index in [-0.39, 0.29) is 5.91 Å². The van der Waals surface area contributed by atoms with Crippen molar-refractivity contribution in [1.29, 1.82) is 0 Å². The molecule has 8 heteroatoms. The van der Waals surface area contributed by atoms with Gasteiger partial charge in [0.15, 0.2) is 0 Å². The number of nitrogens with one attached hydrogen (secondary N) is 1. The van der Waals surface area contributed by atoms with Gasteiger partial charge in [-0.15, -0.1) is 16.8 Å². The van der Waals surface area contributed by atoms with Crippen molar-refractivity contribution in [1.82, 2.24) is 5.27 Å². The predicted molar refractivity (Wildman–Crippen MR) is 81.3 cm³/mol. The summed E-state index contributed by atoms with van der Waals surface area (Å²) in [5.74, 6) is 0.534. The maximum absolute atomic E-state index is 11.9. The minimum atomic E-state index is -0.126. The van der Waals surface area contributed by atoms with Crippen molar-refractivity contribution in [3.05, 3.63) is 36.5 Å². The molecule has 2 aromatic rings. The highest BCUT2D eigenvalue weighted by Gasteiger charge is 2.23. The van der Waals surface area contributed by atoms with Gasteiger partial charge in [-0.3, -0.25) is 14.6 Å². The Hall–Kier alpha value is -2.06. The van der Waals surface area contributed by atoms with Gasteiger partial charge >= 0.3 is 5.88 Å². The molecule has 0 aliphatic carbocycles. The molecule has 0 atom stereocenters. The second kappa shape index (κ2) is 7.28. The number of aromatic nitrogens is 2. The van der Waals surface area contributed by atoms with E-state index in [1.807, 2.05) is 35.3 Å². The molecule has 0 unspecified atom stereocenters. The second-order valence-electron chi connectivity index (χ2n) is 4.70. The number of rotatable bonds is 5. The summed E-state index contributed by atoms with van der Waals surface area (Å²) in [7, 11) is 0. The van der Waals surface area contributed by atoms with Gasteiger partial charge in [0, 0.05) is 4.90 Å². The Labute approximate surface area is 132 Å². The van der Waals surface area contributed by atoms with E-state index >= 15 is 0 Å². The van der Waals surface area contributed by atoms with E-state index < -0.39 is 0 Å². The molecule has 0 saturated carbocycles. The molecule has 0 spiro atoms. The fraction of sp³-hybridized carbons (Fsp3) is 0.357. The molecule has 1 saturated heterocycles. The summed E-state index contributed by atoms with van der Waals surface area (Å²) in [6, 6.07) is 9.78. The molecule has 1 amide bonds. The monoisotopic (exact) mass is 321 g/mol. The van der Waals surface area contributed by atoms with E-state index in [9.17, 15) is 4.79 Å². The molecule has 7 nitrogen and oxygen atoms in total. The summed E-state index contributed by atoms with van der Waals surface area (Å²) in [6.07, 6.45) is 1.66. The van der Waals surface area contributed by atoms with E-state index in [1.165, 1.54) is 11.8 Å². The maximum atomic E-state index is 11.9. The SMILES string of the molecule is O=C(CSc1ccccc1)Nc1c[n+](N2CCOCC2)no1. The molecular formula is C14H17N4O3S+. The molecule has 1 aliphatic rings. The first-order valence-electron chi connectivity index (χ1n) is 7.00. The standard InChI is InChI=1S/C14H16N4O3S/c19-13(11-22-12-4-2-1-3-5-12)15-14-10-18(16-21-14)17-6-8-20-9-7-17/h1-5,10H,6-9,11H2/p+1. The van der Waals surface area contributed by atoms with Gasteiger partial charge < -0.3 is 4.74 Å². The van der Waals surface area contributed by atoms with Crippen LogP contribution in [0.3, 0.4) is 0 Å². The van der Waals surface area contributed by atoms with E-state index in [2.05, 4.69) is 10.6 Å². The zero-order chi connectivity index (χ0) is 15.2. The van der Waals surface area contributed by atoms with Crippen molar-refractivity contribution in [3.63, 3.8) is 0 Å². The van der Waals surface area contributed by atoms with Gasteiger partial charge in [-0.25, -0.2) is 0 Å². The lowest BCUT2D eigenvalue weighted by Gasteiger charge is -2.18. The summed E-state index contributed by atoms with van der Waals surface area (Å²) in [5, 5.41) is 8.59. The van der Waals surface area contributed by atoms with Gasteiger partial charge in [0.25, 0.3) is 6.20 Å². The van der Waals surface area contributed by atoms with Gasteiger partial charge in [0.2, 0.25) is 11.2 Å². The number of carbonyl (C=O) groups excluding carboxylic acids is 1. The number of ether oxygens (including phenoxy) is 1. The lowest BCUT2D eigenvalue weighted by molar-refractivity contribution is -0.759. The Kier molecular flexibility index (Phi) is 4.92. The quantitative estimate of drug-likeness (QED) is 0.644. The number of nitrogens with zero attached hydrogens (tertiary/aromatic N) is 3. The van der Waals surface area contributed by atoms with Gasteiger partial charge in [0.1, 0.15) is 0 Å². The van der Waals surface area contributed by atoms with Crippen LogP contribution in [0.1, 0.15) is 0 Å². The molecule has 22 heavy (non-hydrogen) atoms. The fourth-order valence-electron chi connectivity index (χ4n) is 2.02. The molecule has 1 fully saturated rings. The Morgan fingerprint density at radius 1 is 1.32 bits per heavy atom. The minimum Gasteiger partial charge on any atom is -0.377 e. The number of morpholine rings is 1. The van der Waals surface area contributed by atoms with Crippen molar-refractivity contribution < 1.29 is 18.8 Å². The van der Waals surface area contributed by atoms with Crippen molar-refractivity contribution in [2.75, 3.05) is 42.4 Å². The fourth-order valence-corrected chi connectivity index (χ4v) is 2.74. The largest absolute Gasteiger partial charge is 0.377 e. The van der Waals surface area contributed by atoms with Crippen LogP contribution in [0, 0.1) is 0 Å². The van der Waals surface area contributed by atoms with Crippen LogP contribution in [-0.4, -0.2) is 43.2 Å². The van der Waals surface area contributed by atoms with Gasteiger partial charge in [-0.05, 0) is 12.1 Å². The highest BCUT2D eigenvalue weighted by atomic mass is 32.2. The zero-order valence-electron chi connectivity index (χ0n) is 12.0. The van der Waals surface area contributed by atoms with Crippen LogP contribution in [0.2, 0.25) is 0 Å². The average molecular weight is 321 g/mol. The Morgan fingerprint density at radius 3 is 2.86 bits per heavy atom. The van der Waals surface area contributed by atoms with E-state index in [1.54, 1.807) is 11.0 Å². The van der Waals surface area contributed by atoms with Crippen LogP contribution in [0.5, 0.6) is 0 Å². The number of hydrogen-bond donors (Lipinski definition) is 1. The summed E-state index contributed by atoms with van der Waals surface area (Å²) >= 11 is 1.47. The summed E-state index contributed by atoms with van der Waals surface area (Å²) in [5.41, 5.74) is 0. The number of amides is 1. The normalized spacial score (nSPS) is 14.8. The van der Waals surface area contributed by atoms with E-state index in [0.717, 1.165) is 18.0 Å². The summed E-state index contributed by atoms with van der Waals surface area (Å²) in [4.78, 5) is 14.6. The number of benzene rings is 1. The van der Waals surface area contributed by atoms with Crippen molar-refractivity contribution in [2.45, 2.75) is 4.90 Å². The third-order valence-electron chi connectivity index (χ3n) is 3.11. The smallest absolute Gasteiger partial charge is 0.305 e. The summed E-state index contributed by atoms with van der Waals surface area (Å²) in [6.45, 7) is 2.81. The van der Waals surface area contributed by atoms with E-state index in [4.69, 9.17) is 9.26 Å². The molecule has 0 bridgehead atoms. The number of hydrogen-bond acceptors (Lipinski definition) is 6. The molecule has 1 aromatic heterocycles. The molecule has 0 radical (unpaired) electrons. The zero-order valence-corrected chi connectivity index (χ0v) is 12.8. The lowest BCUT2D eigenvalue weighted by atomic mass is 10.4.